The average Bonchev–Trinajstić information content (AvgIpc) is 2.75. The van der Waals surface area contributed by atoms with E-state index in [-0.39, 0.29) is 5.69 Å². The number of rotatable bonds is 7. The Hall–Kier alpha value is -2.58. The standard InChI is InChI=1S/C21H24F3N3O2/c1-15(21(28)25-18-8-7-17(22)19(23)20(18)24)27-11-9-26(10-12-27)13-14-29-16-5-3-2-4-6-16/h2-8,15H,9-14H2,1H3,(H,25,28)/p+2/t15-/m1/s1. The van der Waals surface area contributed by atoms with Crippen LogP contribution in [-0.2, 0) is 4.79 Å². The lowest BCUT2D eigenvalue weighted by Crippen LogP contribution is -3.30. The first-order chi connectivity index (χ1) is 14.0. The highest BCUT2D eigenvalue weighted by atomic mass is 19.2. The molecule has 1 aliphatic rings. The number of halogens is 3. The van der Waals surface area contributed by atoms with Crippen LogP contribution in [0.15, 0.2) is 42.5 Å². The van der Waals surface area contributed by atoms with Gasteiger partial charge in [-0.05, 0) is 31.2 Å². The quantitative estimate of drug-likeness (QED) is 0.576. The van der Waals surface area contributed by atoms with E-state index in [1.165, 1.54) is 4.90 Å². The van der Waals surface area contributed by atoms with Gasteiger partial charge in [-0.2, -0.15) is 0 Å². The summed E-state index contributed by atoms with van der Waals surface area (Å²) in [7, 11) is 0. The molecule has 0 aromatic heterocycles. The lowest BCUT2D eigenvalue weighted by Gasteiger charge is -2.32. The van der Waals surface area contributed by atoms with Crippen LogP contribution in [0.25, 0.3) is 0 Å². The van der Waals surface area contributed by atoms with Crippen LogP contribution in [0.2, 0.25) is 0 Å². The van der Waals surface area contributed by atoms with E-state index in [2.05, 4.69) is 5.32 Å². The van der Waals surface area contributed by atoms with Crippen LogP contribution in [-0.4, -0.2) is 51.3 Å². The van der Waals surface area contributed by atoms with Gasteiger partial charge in [0.2, 0.25) is 0 Å². The zero-order valence-electron chi connectivity index (χ0n) is 16.3. The molecule has 0 radical (unpaired) electrons. The van der Waals surface area contributed by atoms with Crippen molar-refractivity contribution in [2.75, 3.05) is 44.6 Å². The van der Waals surface area contributed by atoms with Crippen LogP contribution in [0.1, 0.15) is 6.92 Å². The molecule has 0 saturated carbocycles. The Labute approximate surface area is 168 Å². The van der Waals surface area contributed by atoms with E-state index in [4.69, 9.17) is 4.74 Å². The molecule has 1 aliphatic heterocycles. The molecule has 0 unspecified atom stereocenters. The summed E-state index contributed by atoms with van der Waals surface area (Å²) in [6.07, 6.45) is 0. The van der Waals surface area contributed by atoms with Crippen molar-refractivity contribution in [3.05, 3.63) is 59.9 Å². The van der Waals surface area contributed by atoms with Crippen molar-refractivity contribution in [2.24, 2.45) is 0 Å². The maximum absolute atomic E-state index is 13.8. The van der Waals surface area contributed by atoms with Crippen molar-refractivity contribution in [1.29, 1.82) is 0 Å². The van der Waals surface area contributed by atoms with Gasteiger partial charge in [-0.1, -0.05) is 18.2 Å². The molecule has 0 bridgehead atoms. The van der Waals surface area contributed by atoms with Crippen LogP contribution in [0.5, 0.6) is 5.75 Å². The Kier molecular flexibility index (Phi) is 7.11. The minimum Gasteiger partial charge on any atom is -0.488 e. The van der Waals surface area contributed by atoms with E-state index in [1.54, 1.807) is 6.92 Å². The number of carbonyl (C=O) groups excluding carboxylic acids is 1. The van der Waals surface area contributed by atoms with Crippen molar-refractivity contribution in [2.45, 2.75) is 13.0 Å². The van der Waals surface area contributed by atoms with E-state index < -0.39 is 29.4 Å². The summed E-state index contributed by atoms with van der Waals surface area (Å²) < 4.78 is 45.9. The molecule has 1 saturated heterocycles. The third-order valence-electron chi connectivity index (χ3n) is 5.37. The van der Waals surface area contributed by atoms with E-state index in [1.807, 2.05) is 30.3 Å². The normalized spacial score (nSPS) is 20.1. The Morgan fingerprint density at radius 1 is 1.03 bits per heavy atom. The largest absolute Gasteiger partial charge is 0.488 e. The number of ether oxygens (including phenoxy) is 1. The maximum atomic E-state index is 13.8. The van der Waals surface area contributed by atoms with Crippen LogP contribution in [0.4, 0.5) is 18.9 Å². The van der Waals surface area contributed by atoms with Crippen LogP contribution >= 0.6 is 0 Å². The van der Waals surface area contributed by atoms with E-state index in [0.29, 0.717) is 6.61 Å². The highest BCUT2D eigenvalue weighted by Crippen LogP contribution is 2.19. The van der Waals surface area contributed by atoms with E-state index in [9.17, 15) is 18.0 Å². The molecule has 29 heavy (non-hydrogen) atoms. The molecule has 3 rings (SSSR count). The average molecular weight is 409 g/mol. The Bertz CT molecular complexity index is 827. The number of piperazine rings is 1. The van der Waals surface area contributed by atoms with Gasteiger partial charge in [-0.25, -0.2) is 13.2 Å². The summed E-state index contributed by atoms with van der Waals surface area (Å²) >= 11 is 0. The minimum atomic E-state index is -1.59. The highest BCUT2D eigenvalue weighted by Gasteiger charge is 2.31. The number of anilines is 1. The number of quaternary nitrogens is 2. The molecule has 1 amide bonds. The van der Waals surface area contributed by atoms with Gasteiger partial charge in [0.15, 0.2) is 23.5 Å². The van der Waals surface area contributed by atoms with Crippen LogP contribution in [0.3, 0.4) is 0 Å². The molecule has 1 fully saturated rings. The summed E-state index contributed by atoms with van der Waals surface area (Å²) in [5.74, 6) is -3.81. The molecular weight excluding hydrogens is 383 g/mol. The predicted molar refractivity (Wildman–Crippen MR) is 103 cm³/mol. The number of para-hydroxylation sites is 1. The summed E-state index contributed by atoms with van der Waals surface area (Å²) in [6, 6.07) is 11.1. The minimum absolute atomic E-state index is 0.345. The van der Waals surface area contributed by atoms with Crippen molar-refractivity contribution >= 4 is 11.6 Å². The first kappa shape index (κ1) is 21.1. The highest BCUT2D eigenvalue weighted by molar-refractivity contribution is 5.93. The fraction of sp³-hybridized carbons (Fsp3) is 0.381. The fourth-order valence-corrected chi connectivity index (χ4v) is 3.49. The summed E-state index contributed by atoms with van der Waals surface area (Å²) in [5, 5.41) is 2.37. The number of amides is 1. The monoisotopic (exact) mass is 409 g/mol. The molecule has 3 N–H and O–H groups in total. The number of hydrogen-bond donors (Lipinski definition) is 3. The lowest BCUT2D eigenvalue weighted by atomic mass is 10.2. The SMILES string of the molecule is C[C@H](C(=O)Nc1ccc(F)c(F)c1F)[NH+]1CC[NH+](CCOc2ccccc2)CC1. The van der Waals surface area contributed by atoms with Gasteiger partial charge in [-0.3, -0.25) is 4.79 Å². The van der Waals surface area contributed by atoms with E-state index in [0.717, 1.165) is 55.5 Å². The summed E-state index contributed by atoms with van der Waals surface area (Å²) in [6.45, 7) is 6.62. The third kappa shape index (κ3) is 5.48. The number of carbonyl (C=O) groups is 1. The van der Waals surface area contributed by atoms with Gasteiger partial charge in [0.1, 0.15) is 45.1 Å². The smallest absolute Gasteiger partial charge is 0.282 e. The zero-order valence-corrected chi connectivity index (χ0v) is 16.3. The molecule has 156 valence electrons. The van der Waals surface area contributed by atoms with Crippen molar-refractivity contribution in [3.63, 3.8) is 0 Å². The molecular formula is C21H26F3N3O2+2. The summed E-state index contributed by atoms with van der Waals surface area (Å²) in [5.41, 5.74) is -0.345. The van der Waals surface area contributed by atoms with Gasteiger partial charge < -0.3 is 19.9 Å². The van der Waals surface area contributed by atoms with Crippen LogP contribution in [0, 0.1) is 17.5 Å². The first-order valence-electron chi connectivity index (χ1n) is 9.76. The molecule has 8 heteroatoms. The molecule has 0 aliphatic carbocycles. The second-order valence-corrected chi connectivity index (χ2v) is 7.25. The number of hydrogen-bond acceptors (Lipinski definition) is 2. The van der Waals surface area contributed by atoms with Gasteiger partial charge in [0, 0.05) is 0 Å². The fourth-order valence-electron chi connectivity index (χ4n) is 3.49. The Morgan fingerprint density at radius 2 is 1.72 bits per heavy atom. The van der Waals surface area contributed by atoms with Crippen molar-refractivity contribution in [3.8, 4) is 5.75 Å². The number of benzene rings is 2. The second-order valence-electron chi connectivity index (χ2n) is 7.25. The zero-order chi connectivity index (χ0) is 20.8. The molecule has 2 aromatic carbocycles. The number of nitrogens with one attached hydrogen (secondary N) is 3. The van der Waals surface area contributed by atoms with Gasteiger partial charge in [0.05, 0.1) is 5.69 Å². The molecule has 1 heterocycles. The van der Waals surface area contributed by atoms with Gasteiger partial charge >= 0.3 is 0 Å². The van der Waals surface area contributed by atoms with E-state index >= 15 is 0 Å². The van der Waals surface area contributed by atoms with Crippen molar-refractivity contribution in [1.82, 2.24) is 0 Å². The predicted octanol–water partition coefficient (Wildman–Crippen LogP) is 0.293. The molecule has 5 nitrogen and oxygen atoms in total. The topological polar surface area (TPSA) is 47.2 Å². The van der Waals surface area contributed by atoms with Gasteiger partial charge in [-0.15, -0.1) is 0 Å². The second kappa shape index (κ2) is 9.76. The lowest BCUT2D eigenvalue weighted by molar-refractivity contribution is -1.02. The van der Waals surface area contributed by atoms with Crippen LogP contribution < -0.4 is 19.9 Å². The third-order valence-corrected chi connectivity index (χ3v) is 5.37. The first-order valence-corrected chi connectivity index (χ1v) is 9.76. The van der Waals surface area contributed by atoms with Crippen molar-refractivity contribution < 1.29 is 32.5 Å². The molecule has 0 spiro atoms. The Morgan fingerprint density at radius 3 is 2.41 bits per heavy atom. The molecule has 2 aromatic rings. The summed E-state index contributed by atoms with van der Waals surface area (Å²) in [4.78, 5) is 14.9. The maximum Gasteiger partial charge on any atom is 0.282 e. The Balaban J connectivity index is 1.44. The van der Waals surface area contributed by atoms with Gasteiger partial charge in [0.25, 0.3) is 5.91 Å². The molecule has 1 atom stereocenters.